The summed E-state index contributed by atoms with van der Waals surface area (Å²) in [4.78, 5) is 26.3. The summed E-state index contributed by atoms with van der Waals surface area (Å²) in [6.07, 6.45) is 0.0503. The third-order valence-corrected chi connectivity index (χ3v) is 4.08. The molecule has 1 aliphatic rings. The van der Waals surface area contributed by atoms with Gasteiger partial charge in [0.1, 0.15) is 0 Å². The molecule has 0 aromatic heterocycles. The molecule has 1 heterocycles. The molecule has 0 saturated carbocycles. The van der Waals surface area contributed by atoms with Gasteiger partial charge in [-0.2, -0.15) is 0 Å². The van der Waals surface area contributed by atoms with E-state index in [4.69, 9.17) is 4.74 Å². The van der Waals surface area contributed by atoms with Gasteiger partial charge in [0.2, 0.25) is 0 Å². The average Bonchev–Trinajstić information content (AvgIpc) is 2.61. The molecule has 1 amide bonds. The van der Waals surface area contributed by atoms with E-state index in [2.05, 4.69) is 6.07 Å². The molecule has 3 rings (SSSR count). The summed E-state index contributed by atoms with van der Waals surface area (Å²) in [5.74, 6) is -0.618. The first-order valence-corrected chi connectivity index (χ1v) is 7.77. The molecule has 4 nitrogen and oxygen atoms in total. The topological polar surface area (TPSA) is 46.6 Å². The quantitative estimate of drug-likeness (QED) is 0.819. The van der Waals surface area contributed by atoms with Crippen molar-refractivity contribution in [3.8, 4) is 0 Å². The van der Waals surface area contributed by atoms with Crippen LogP contribution in [-0.2, 0) is 22.5 Å². The van der Waals surface area contributed by atoms with Crippen LogP contribution in [0.15, 0.2) is 54.6 Å². The maximum atomic E-state index is 12.5. The minimum atomic E-state index is -0.784. The van der Waals surface area contributed by atoms with E-state index >= 15 is 0 Å². The van der Waals surface area contributed by atoms with Crippen LogP contribution in [0, 0.1) is 0 Å². The Balaban J connectivity index is 1.63. The first kappa shape index (κ1) is 15.3. The summed E-state index contributed by atoms with van der Waals surface area (Å²) < 4.78 is 5.31. The van der Waals surface area contributed by atoms with Crippen LogP contribution in [-0.4, -0.2) is 29.4 Å². The molecule has 0 spiro atoms. The van der Waals surface area contributed by atoms with E-state index in [1.165, 1.54) is 5.56 Å². The zero-order chi connectivity index (χ0) is 16.2. The predicted molar refractivity (Wildman–Crippen MR) is 86.9 cm³/mol. The fourth-order valence-electron chi connectivity index (χ4n) is 2.79. The number of ether oxygens (including phenoxy) is 1. The Kier molecular flexibility index (Phi) is 4.42. The van der Waals surface area contributed by atoms with Crippen molar-refractivity contribution in [2.75, 3.05) is 6.54 Å². The molecule has 4 heteroatoms. The summed E-state index contributed by atoms with van der Waals surface area (Å²) >= 11 is 0. The lowest BCUT2D eigenvalue weighted by Gasteiger charge is -2.30. The van der Waals surface area contributed by atoms with E-state index in [1.54, 1.807) is 36.1 Å². The minimum absolute atomic E-state index is 0.149. The van der Waals surface area contributed by atoms with Crippen molar-refractivity contribution in [1.82, 2.24) is 4.90 Å². The van der Waals surface area contributed by atoms with Crippen molar-refractivity contribution in [1.29, 1.82) is 0 Å². The second kappa shape index (κ2) is 6.65. The van der Waals surface area contributed by atoms with Gasteiger partial charge in [-0.3, -0.25) is 4.79 Å². The second-order valence-corrected chi connectivity index (χ2v) is 5.69. The molecular weight excluding hydrogens is 290 g/mol. The van der Waals surface area contributed by atoms with Gasteiger partial charge in [-0.05, 0) is 36.6 Å². The molecule has 0 aliphatic carbocycles. The van der Waals surface area contributed by atoms with Crippen LogP contribution in [0.4, 0.5) is 0 Å². The molecule has 2 aromatic carbocycles. The molecule has 118 valence electrons. The predicted octanol–water partition coefficient (Wildman–Crippen LogP) is 2.82. The monoisotopic (exact) mass is 309 g/mol. The van der Waals surface area contributed by atoms with Gasteiger partial charge >= 0.3 is 5.97 Å². The zero-order valence-corrected chi connectivity index (χ0v) is 13.1. The fourth-order valence-corrected chi connectivity index (χ4v) is 2.79. The van der Waals surface area contributed by atoms with Crippen molar-refractivity contribution in [2.24, 2.45) is 0 Å². The van der Waals surface area contributed by atoms with Crippen LogP contribution in [0.2, 0.25) is 0 Å². The van der Waals surface area contributed by atoms with Crippen molar-refractivity contribution in [3.05, 3.63) is 71.3 Å². The summed E-state index contributed by atoms with van der Waals surface area (Å²) in [6.45, 7) is 2.86. The van der Waals surface area contributed by atoms with Crippen molar-refractivity contribution in [2.45, 2.75) is 26.0 Å². The van der Waals surface area contributed by atoms with Crippen molar-refractivity contribution in [3.63, 3.8) is 0 Å². The largest absolute Gasteiger partial charge is 0.449 e. The van der Waals surface area contributed by atoms with E-state index in [0.29, 0.717) is 18.7 Å². The van der Waals surface area contributed by atoms with Gasteiger partial charge in [-0.1, -0.05) is 42.5 Å². The normalized spacial score (nSPS) is 14.7. The summed E-state index contributed by atoms with van der Waals surface area (Å²) in [5, 5.41) is 0. The lowest BCUT2D eigenvalue weighted by molar-refractivity contribution is -0.140. The fraction of sp³-hybridized carbons (Fsp3) is 0.263. The second-order valence-electron chi connectivity index (χ2n) is 5.69. The number of amides is 1. The minimum Gasteiger partial charge on any atom is -0.449 e. The van der Waals surface area contributed by atoms with Crippen LogP contribution < -0.4 is 0 Å². The standard InChI is InChI=1S/C19H19NO3/c1-14(23-19(22)16-8-3-2-4-9-16)18(21)20-12-11-15-7-5-6-10-17(15)13-20/h2-10,14H,11-13H2,1H3/t14-/m1/s1. The first-order valence-electron chi connectivity index (χ1n) is 7.77. The van der Waals surface area contributed by atoms with Gasteiger partial charge < -0.3 is 9.64 Å². The van der Waals surface area contributed by atoms with E-state index in [0.717, 1.165) is 12.0 Å². The number of benzene rings is 2. The number of carbonyl (C=O) groups is 2. The zero-order valence-electron chi connectivity index (χ0n) is 13.1. The molecule has 0 fully saturated rings. The third-order valence-electron chi connectivity index (χ3n) is 4.08. The number of esters is 1. The van der Waals surface area contributed by atoms with Gasteiger partial charge in [0.25, 0.3) is 5.91 Å². The van der Waals surface area contributed by atoms with Crippen LogP contribution in [0.3, 0.4) is 0 Å². The van der Waals surface area contributed by atoms with Crippen molar-refractivity contribution >= 4 is 11.9 Å². The molecule has 23 heavy (non-hydrogen) atoms. The maximum absolute atomic E-state index is 12.5. The average molecular weight is 309 g/mol. The molecule has 0 unspecified atom stereocenters. The molecular formula is C19H19NO3. The molecule has 2 aromatic rings. The van der Waals surface area contributed by atoms with E-state index in [-0.39, 0.29) is 5.91 Å². The third kappa shape index (κ3) is 3.42. The van der Waals surface area contributed by atoms with E-state index < -0.39 is 12.1 Å². The number of nitrogens with zero attached hydrogens (tertiary/aromatic N) is 1. The number of hydrogen-bond donors (Lipinski definition) is 0. The van der Waals surface area contributed by atoms with E-state index in [1.807, 2.05) is 24.3 Å². The first-order chi connectivity index (χ1) is 11.1. The lowest BCUT2D eigenvalue weighted by atomic mass is 9.99. The molecule has 0 saturated heterocycles. The highest BCUT2D eigenvalue weighted by molar-refractivity contribution is 5.92. The van der Waals surface area contributed by atoms with Crippen LogP contribution in [0.5, 0.6) is 0 Å². The maximum Gasteiger partial charge on any atom is 0.338 e. The van der Waals surface area contributed by atoms with E-state index in [9.17, 15) is 9.59 Å². The molecule has 0 radical (unpaired) electrons. The highest BCUT2D eigenvalue weighted by atomic mass is 16.5. The Hall–Kier alpha value is -2.62. The smallest absolute Gasteiger partial charge is 0.338 e. The van der Waals surface area contributed by atoms with Gasteiger partial charge in [0.15, 0.2) is 6.10 Å². The Morgan fingerprint density at radius 2 is 1.65 bits per heavy atom. The Morgan fingerprint density at radius 1 is 1.00 bits per heavy atom. The summed E-state index contributed by atoms with van der Waals surface area (Å²) in [5.41, 5.74) is 2.90. The van der Waals surface area contributed by atoms with Gasteiger partial charge in [-0.25, -0.2) is 4.79 Å². The van der Waals surface area contributed by atoms with Crippen LogP contribution >= 0.6 is 0 Å². The molecule has 0 N–H and O–H groups in total. The number of rotatable bonds is 3. The highest BCUT2D eigenvalue weighted by Gasteiger charge is 2.27. The number of fused-ring (bicyclic) bond motifs is 1. The molecule has 1 aliphatic heterocycles. The van der Waals surface area contributed by atoms with Gasteiger partial charge in [-0.15, -0.1) is 0 Å². The Morgan fingerprint density at radius 3 is 2.39 bits per heavy atom. The number of hydrogen-bond acceptors (Lipinski definition) is 3. The number of carbonyl (C=O) groups excluding carboxylic acids is 2. The lowest BCUT2D eigenvalue weighted by Crippen LogP contribution is -2.42. The molecule has 0 bridgehead atoms. The van der Waals surface area contributed by atoms with Crippen LogP contribution in [0.1, 0.15) is 28.4 Å². The van der Waals surface area contributed by atoms with Crippen LogP contribution in [0.25, 0.3) is 0 Å². The summed E-state index contributed by atoms with van der Waals surface area (Å²) in [6, 6.07) is 16.8. The van der Waals surface area contributed by atoms with Gasteiger partial charge in [0, 0.05) is 13.1 Å². The van der Waals surface area contributed by atoms with Crippen molar-refractivity contribution < 1.29 is 14.3 Å². The SMILES string of the molecule is C[C@@H](OC(=O)c1ccccc1)C(=O)N1CCc2ccccc2C1. The Bertz CT molecular complexity index is 712. The molecule has 1 atom stereocenters. The summed E-state index contributed by atoms with van der Waals surface area (Å²) in [7, 11) is 0. The highest BCUT2D eigenvalue weighted by Crippen LogP contribution is 2.19. The van der Waals surface area contributed by atoms with Gasteiger partial charge in [0.05, 0.1) is 5.56 Å². The Labute approximate surface area is 135 Å².